The van der Waals surface area contributed by atoms with Crippen molar-refractivity contribution in [2.75, 3.05) is 22.1 Å². The Morgan fingerprint density at radius 1 is 1.07 bits per heavy atom. The molecule has 0 aliphatic carbocycles. The Kier molecular flexibility index (Phi) is 5.35. The van der Waals surface area contributed by atoms with Crippen LogP contribution in [0.2, 0.25) is 0 Å². The minimum absolute atomic E-state index is 0.0131. The van der Waals surface area contributed by atoms with Crippen molar-refractivity contribution in [1.29, 1.82) is 0 Å². The van der Waals surface area contributed by atoms with Crippen LogP contribution in [0, 0.1) is 0 Å². The number of carbonyl (C=O) groups is 1. The molecule has 1 atom stereocenters. The van der Waals surface area contributed by atoms with Crippen LogP contribution in [-0.2, 0) is 0 Å². The molecular weight excluding hydrogens is 414 g/mol. The molecule has 1 aliphatic rings. The first-order valence-corrected chi connectivity index (χ1v) is 10.2. The number of benzene rings is 3. The molecule has 0 fully saturated rings. The van der Waals surface area contributed by atoms with E-state index in [-0.39, 0.29) is 5.91 Å². The fourth-order valence-electron chi connectivity index (χ4n) is 3.43. The van der Waals surface area contributed by atoms with E-state index in [0.717, 1.165) is 33.6 Å². The van der Waals surface area contributed by atoms with Crippen molar-refractivity contribution in [2.24, 2.45) is 0 Å². The van der Waals surface area contributed by atoms with Crippen LogP contribution in [0.4, 0.5) is 22.7 Å². The zero-order valence-corrected chi connectivity index (χ0v) is 17.2. The van der Waals surface area contributed by atoms with Gasteiger partial charge in [0.05, 0.1) is 17.1 Å². The highest BCUT2D eigenvalue weighted by Gasteiger charge is 2.24. The SMILES string of the molecule is CC1CCN(C(=O)c2cccc(Nc3ccccc3Br)c2)c2ccccc2N1. The van der Waals surface area contributed by atoms with Crippen molar-refractivity contribution in [3.63, 3.8) is 0 Å². The molecule has 1 heterocycles. The monoisotopic (exact) mass is 435 g/mol. The number of fused-ring (bicyclic) bond motifs is 1. The van der Waals surface area contributed by atoms with Gasteiger partial charge in [0.1, 0.15) is 0 Å². The molecule has 28 heavy (non-hydrogen) atoms. The van der Waals surface area contributed by atoms with Crippen molar-refractivity contribution < 1.29 is 4.79 Å². The van der Waals surface area contributed by atoms with Crippen LogP contribution in [0.3, 0.4) is 0 Å². The molecule has 0 saturated carbocycles. The van der Waals surface area contributed by atoms with E-state index in [4.69, 9.17) is 0 Å². The third-order valence-corrected chi connectivity index (χ3v) is 5.58. The van der Waals surface area contributed by atoms with Crippen LogP contribution < -0.4 is 15.5 Å². The Bertz CT molecular complexity index is 1000. The molecule has 4 rings (SSSR count). The lowest BCUT2D eigenvalue weighted by Gasteiger charge is -2.22. The van der Waals surface area contributed by atoms with Crippen LogP contribution in [0.25, 0.3) is 0 Å². The van der Waals surface area contributed by atoms with E-state index in [1.807, 2.05) is 77.7 Å². The first-order valence-electron chi connectivity index (χ1n) is 9.41. The number of hydrogen-bond donors (Lipinski definition) is 2. The maximum Gasteiger partial charge on any atom is 0.258 e. The van der Waals surface area contributed by atoms with Crippen molar-refractivity contribution in [2.45, 2.75) is 19.4 Å². The molecule has 3 aromatic rings. The maximum absolute atomic E-state index is 13.4. The molecule has 142 valence electrons. The van der Waals surface area contributed by atoms with E-state index in [1.165, 1.54) is 0 Å². The second-order valence-corrected chi connectivity index (χ2v) is 7.85. The first-order chi connectivity index (χ1) is 13.6. The second kappa shape index (κ2) is 8.07. The van der Waals surface area contributed by atoms with Gasteiger partial charge in [-0.1, -0.05) is 30.3 Å². The molecule has 2 N–H and O–H groups in total. The summed E-state index contributed by atoms with van der Waals surface area (Å²) in [6, 6.07) is 23.9. The summed E-state index contributed by atoms with van der Waals surface area (Å²) < 4.78 is 0.980. The highest BCUT2D eigenvalue weighted by Crippen LogP contribution is 2.31. The smallest absolute Gasteiger partial charge is 0.258 e. The molecule has 0 radical (unpaired) electrons. The summed E-state index contributed by atoms with van der Waals surface area (Å²) in [6.45, 7) is 2.83. The predicted molar refractivity (Wildman–Crippen MR) is 120 cm³/mol. The fourth-order valence-corrected chi connectivity index (χ4v) is 3.81. The normalized spacial score (nSPS) is 15.9. The molecule has 0 saturated heterocycles. The highest BCUT2D eigenvalue weighted by atomic mass is 79.9. The summed E-state index contributed by atoms with van der Waals surface area (Å²) in [4.78, 5) is 15.2. The van der Waals surface area contributed by atoms with E-state index < -0.39 is 0 Å². The van der Waals surface area contributed by atoms with E-state index in [1.54, 1.807) is 0 Å². The van der Waals surface area contributed by atoms with Gasteiger partial charge in [0.2, 0.25) is 0 Å². The van der Waals surface area contributed by atoms with Gasteiger partial charge in [-0.15, -0.1) is 0 Å². The van der Waals surface area contributed by atoms with Crippen LogP contribution in [0.1, 0.15) is 23.7 Å². The third-order valence-electron chi connectivity index (χ3n) is 4.89. The number of carbonyl (C=O) groups excluding carboxylic acids is 1. The predicted octanol–water partition coefficient (Wildman–Crippen LogP) is 6.04. The lowest BCUT2D eigenvalue weighted by atomic mass is 10.1. The van der Waals surface area contributed by atoms with E-state index >= 15 is 0 Å². The van der Waals surface area contributed by atoms with Crippen molar-refractivity contribution in [1.82, 2.24) is 0 Å². The molecule has 1 amide bonds. The van der Waals surface area contributed by atoms with Gasteiger partial charge in [0, 0.05) is 28.3 Å². The second-order valence-electron chi connectivity index (χ2n) is 6.99. The van der Waals surface area contributed by atoms with Crippen molar-refractivity contribution >= 4 is 44.6 Å². The summed E-state index contributed by atoms with van der Waals surface area (Å²) >= 11 is 3.55. The number of nitrogens with zero attached hydrogens (tertiary/aromatic N) is 1. The molecular formula is C23H22BrN3O. The van der Waals surface area contributed by atoms with Crippen LogP contribution in [0.5, 0.6) is 0 Å². The van der Waals surface area contributed by atoms with Crippen molar-refractivity contribution in [3.05, 3.63) is 82.8 Å². The zero-order valence-electron chi connectivity index (χ0n) is 15.7. The minimum atomic E-state index is 0.0131. The molecule has 3 aromatic carbocycles. The number of anilines is 4. The van der Waals surface area contributed by atoms with E-state index in [0.29, 0.717) is 18.2 Å². The fraction of sp³-hybridized carbons (Fsp3) is 0.174. The number of halogens is 1. The Labute approximate surface area is 173 Å². The Morgan fingerprint density at radius 2 is 1.86 bits per heavy atom. The highest BCUT2D eigenvalue weighted by molar-refractivity contribution is 9.10. The summed E-state index contributed by atoms with van der Waals surface area (Å²) in [7, 11) is 0. The van der Waals surface area contributed by atoms with E-state index in [2.05, 4.69) is 33.5 Å². The number of para-hydroxylation sites is 3. The summed E-state index contributed by atoms with van der Waals surface area (Å²) in [6.07, 6.45) is 0.898. The quantitative estimate of drug-likeness (QED) is 0.526. The average Bonchev–Trinajstić information content (AvgIpc) is 2.87. The van der Waals surface area contributed by atoms with Crippen LogP contribution in [-0.4, -0.2) is 18.5 Å². The first kappa shape index (κ1) is 18.6. The molecule has 1 aliphatic heterocycles. The number of amides is 1. The van der Waals surface area contributed by atoms with Crippen LogP contribution in [0.15, 0.2) is 77.3 Å². The summed E-state index contributed by atoms with van der Waals surface area (Å²) in [5, 5.41) is 6.88. The Balaban J connectivity index is 1.63. The Hall–Kier alpha value is -2.79. The zero-order chi connectivity index (χ0) is 19.5. The Morgan fingerprint density at radius 3 is 2.71 bits per heavy atom. The van der Waals surface area contributed by atoms with Gasteiger partial charge < -0.3 is 15.5 Å². The third kappa shape index (κ3) is 3.90. The largest absolute Gasteiger partial charge is 0.381 e. The topological polar surface area (TPSA) is 44.4 Å². The molecule has 4 nitrogen and oxygen atoms in total. The van der Waals surface area contributed by atoms with Gasteiger partial charge in [0.25, 0.3) is 5.91 Å². The van der Waals surface area contributed by atoms with Gasteiger partial charge in [-0.2, -0.15) is 0 Å². The molecule has 0 spiro atoms. The van der Waals surface area contributed by atoms with E-state index in [9.17, 15) is 4.79 Å². The molecule has 0 bridgehead atoms. The molecule has 1 unspecified atom stereocenters. The van der Waals surface area contributed by atoms with Crippen LogP contribution >= 0.6 is 15.9 Å². The van der Waals surface area contributed by atoms with Gasteiger partial charge in [-0.25, -0.2) is 0 Å². The van der Waals surface area contributed by atoms with Gasteiger partial charge in [-0.05, 0) is 71.7 Å². The van der Waals surface area contributed by atoms with Gasteiger partial charge >= 0.3 is 0 Å². The number of hydrogen-bond acceptors (Lipinski definition) is 3. The standard InChI is InChI=1S/C23H22BrN3O/c1-16-13-14-27(22-12-5-4-11-21(22)25-16)23(28)17-7-6-8-18(15-17)26-20-10-3-2-9-19(20)24/h2-12,15-16,25-26H,13-14H2,1H3. The minimum Gasteiger partial charge on any atom is -0.381 e. The van der Waals surface area contributed by atoms with Crippen molar-refractivity contribution in [3.8, 4) is 0 Å². The lowest BCUT2D eigenvalue weighted by Crippen LogP contribution is -2.32. The number of nitrogens with one attached hydrogen (secondary N) is 2. The maximum atomic E-state index is 13.4. The molecule has 0 aromatic heterocycles. The van der Waals surface area contributed by atoms with Gasteiger partial charge in [-0.3, -0.25) is 4.79 Å². The molecule has 5 heteroatoms. The summed E-state index contributed by atoms with van der Waals surface area (Å²) in [5.74, 6) is 0.0131. The van der Waals surface area contributed by atoms with Gasteiger partial charge in [0.15, 0.2) is 0 Å². The lowest BCUT2D eigenvalue weighted by molar-refractivity contribution is 0.0987. The number of rotatable bonds is 3. The summed E-state index contributed by atoms with van der Waals surface area (Å²) in [5.41, 5.74) is 4.45. The average molecular weight is 436 g/mol.